The molecule has 0 saturated carbocycles. The minimum absolute atomic E-state index is 0.446. The monoisotopic (exact) mass is 411 g/mol. The number of pyridine rings is 1. The van der Waals surface area contributed by atoms with Gasteiger partial charge in [-0.25, -0.2) is 14.0 Å². The van der Waals surface area contributed by atoms with Gasteiger partial charge in [0.25, 0.3) is 5.19 Å². The van der Waals surface area contributed by atoms with Crippen molar-refractivity contribution in [3.05, 3.63) is 65.4 Å². The molecule has 140 valence electrons. The third-order valence-electron chi connectivity index (χ3n) is 4.20. The Morgan fingerprint density at radius 3 is 2.68 bits per heavy atom. The van der Waals surface area contributed by atoms with Gasteiger partial charge in [0.05, 0.1) is 18.3 Å². The van der Waals surface area contributed by atoms with E-state index in [9.17, 15) is 0 Å². The van der Waals surface area contributed by atoms with Crippen LogP contribution in [0.15, 0.2) is 54.9 Å². The van der Waals surface area contributed by atoms with Crippen LogP contribution in [0.4, 0.5) is 0 Å². The first-order chi connectivity index (χ1) is 13.7. The largest absolute Gasteiger partial charge is 0.487 e. The lowest BCUT2D eigenvalue weighted by Crippen LogP contribution is -1.97. The molecule has 1 aromatic carbocycles. The number of ether oxygens (including phenoxy) is 2. The van der Waals surface area contributed by atoms with Crippen LogP contribution in [0.25, 0.3) is 21.9 Å². The van der Waals surface area contributed by atoms with E-state index in [1.165, 1.54) is 11.3 Å². The van der Waals surface area contributed by atoms with E-state index in [2.05, 4.69) is 15.2 Å². The molecular formula is C19H14ClN5O2S. The van der Waals surface area contributed by atoms with E-state index >= 15 is 0 Å². The smallest absolute Gasteiger partial charge is 0.294 e. The molecule has 0 N–H and O–H groups in total. The zero-order chi connectivity index (χ0) is 19.1. The first-order valence-electron chi connectivity index (χ1n) is 8.46. The normalized spacial score (nSPS) is 11.4. The third kappa shape index (κ3) is 3.06. The fourth-order valence-electron chi connectivity index (χ4n) is 2.89. The highest BCUT2D eigenvalue weighted by Gasteiger charge is 2.15. The van der Waals surface area contributed by atoms with Crippen LogP contribution in [0, 0.1) is 0 Å². The number of aromatic nitrogens is 5. The number of halogens is 1. The first-order valence-corrected chi connectivity index (χ1v) is 9.65. The summed E-state index contributed by atoms with van der Waals surface area (Å²) in [7, 11) is 1.59. The SMILES string of the molecule is COc1nn2cc(-c3cc4c(OCc5ccccc5)cc(Cl)cn4n3)nc2s1. The Labute approximate surface area is 168 Å². The second-order valence-electron chi connectivity index (χ2n) is 6.08. The molecule has 5 aromatic rings. The second-order valence-corrected chi connectivity index (χ2v) is 7.44. The van der Waals surface area contributed by atoms with E-state index in [-0.39, 0.29) is 0 Å². The Morgan fingerprint density at radius 1 is 1.04 bits per heavy atom. The van der Waals surface area contributed by atoms with Crippen LogP contribution in [0.5, 0.6) is 10.9 Å². The van der Waals surface area contributed by atoms with E-state index < -0.39 is 0 Å². The highest BCUT2D eigenvalue weighted by atomic mass is 35.5. The van der Waals surface area contributed by atoms with Crippen molar-refractivity contribution in [1.29, 1.82) is 0 Å². The molecule has 0 unspecified atom stereocenters. The van der Waals surface area contributed by atoms with Gasteiger partial charge in [-0.3, -0.25) is 0 Å². The molecule has 9 heteroatoms. The van der Waals surface area contributed by atoms with E-state index in [0.29, 0.717) is 28.3 Å². The standard InChI is InChI=1S/C19H14ClN5O2S/c1-26-19-23-25-10-15(21-18(25)28-19)14-8-16-17(7-13(20)9-24(16)22-14)27-11-12-5-3-2-4-6-12/h2-10H,11H2,1H3. The molecule has 7 nitrogen and oxygen atoms in total. The van der Waals surface area contributed by atoms with Crippen molar-refractivity contribution in [3.63, 3.8) is 0 Å². The molecule has 0 fully saturated rings. The molecule has 28 heavy (non-hydrogen) atoms. The number of methoxy groups -OCH3 is 1. The van der Waals surface area contributed by atoms with Crippen molar-refractivity contribution in [2.24, 2.45) is 0 Å². The maximum atomic E-state index is 6.26. The number of hydrogen-bond acceptors (Lipinski definition) is 6. The van der Waals surface area contributed by atoms with Crippen LogP contribution in [0.2, 0.25) is 5.02 Å². The summed E-state index contributed by atoms with van der Waals surface area (Å²) in [6, 6.07) is 13.7. The van der Waals surface area contributed by atoms with Crippen molar-refractivity contribution < 1.29 is 9.47 Å². The van der Waals surface area contributed by atoms with Crippen LogP contribution in [0.3, 0.4) is 0 Å². The van der Waals surface area contributed by atoms with E-state index in [0.717, 1.165) is 21.7 Å². The third-order valence-corrected chi connectivity index (χ3v) is 5.29. The van der Waals surface area contributed by atoms with Gasteiger partial charge in [-0.2, -0.15) is 5.10 Å². The molecule has 0 aliphatic rings. The van der Waals surface area contributed by atoms with E-state index in [4.69, 9.17) is 21.1 Å². The first kappa shape index (κ1) is 17.0. The number of imidazole rings is 1. The van der Waals surface area contributed by atoms with Crippen molar-refractivity contribution in [3.8, 4) is 22.3 Å². The minimum atomic E-state index is 0.446. The second kappa shape index (κ2) is 6.81. The van der Waals surface area contributed by atoms with E-state index in [1.807, 2.05) is 42.6 Å². The summed E-state index contributed by atoms with van der Waals surface area (Å²) in [5.41, 5.74) is 3.32. The maximum Gasteiger partial charge on any atom is 0.294 e. The molecular weight excluding hydrogens is 398 g/mol. The van der Waals surface area contributed by atoms with Crippen LogP contribution in [-0.2, 0) is 6.61 Å². The highest BCUT2D eigenvalue weighted by molar-refractivity contribution is 7.18. The number of rotatable bonds is 5. The number of fused-ring (bicyclic) bond motifs is 2. The summed E-state index contributed by atoms with van der Waals surface area (Å²) in [6.07, 6.45) is 3.57. The summed E-state index contributed by atoms with van der Waals surface area (Å²) in [6.45, 7) is 0.446. The van der Waals surface area contributed by atoms with E-state index in [1.54, 1.807) is 28.4 Å². The molecule has 0 aliphatic carbocycles. The number of benzene rings is 1. The minimum Gasteiger partial charge on any atom is -0.487 e. The summed E-state index contributed by atoms with van der Waals surface area (Å²) in [5, 5.41) is 10.0. The topological polar surface area (TPSA) is 66.0 Å². The van der Waals surface area contributed by atoms with Crippen molar-refractivity contribution in [1.82, 2.24) is 24.2 Å². The molecule has 5 rings (SSSR count). The van der Waals surface area contributed by atoms with Gasteiger partial charge in [0.15, 0.2) is 0 Å². The van der Waals surface area contributed by atoms with Gasteiger partial charge in [-0.1, -0.05) is 41.9 Å². The van der Waals surface area contributed by atoms with Crippen LogP contribution < -0.4 is 9.47 Å². The Bertz CT molecular complexity index is 1250. The summed E-state index contributed by atoms with van der Waals surface area (Å²) < 4.78 is 14.5. The van der Waals surface area contributed by atoms with Gasteiger partial charge >= 0.3 is 0 Å². The van der Waals surface area contributed by atoms with Crippen LogP contribution >= 0.6 is 22.9 Å². The van der Waals surface area contributed by atoms with Crippen molar-refractivity contribution >= 4 is 33.4 Å². The predicted molar refractivity (Wildman–Crippen MR) is 107 cm³/mol. The average Bonchev–Trinajstić information content (AvgIpc) is 3.39. The van der Waals surface area contributed by atoms with Crippen LogP contribution in [-0.4, -0.2) is 31.3 Å². The Kier molecular flexibility index (Phi) is 4.14. The Hall–Kier alpha value is -3.10. The lowest BCUT2D eigenvalue weighted by Gasteiger charge is -2.08. The summed E-state index contributed by atoms with van der Waals surface area (Å²) >= 11 is 7.63. The lowest BCUT2D eigenvalue weighted by molar-refractivity contribution is 0.308. The van der Waals surface area contributed by atoms with Gasteiger partial charge in [-0.15, -0.1) is 5.10 Å². The van der Waals surface area contributed by atoms with Crippen molar-refractivity contribution in [2.45, 2.75) is 6.61 Å². The Balaban J connectivity index is 1.51. The van der Waals surface area contributed by atoms with Gasteiger partial charge < -0.3 is 9.47 Å². The van der Waals surface area contributed by atoms with Crippen molar-refractivity contribution in [2.75, 3.05) is 7.11 Å². The zero-order valence-corrected chi connectivity index (χ0v) is 16.3. The predicted octanol–water partition coefficient (Wildman–Crippen LogP) is 4.35. The lowest BCUT2D eigenvalue weighted by atomic mass is 10.2. The molecule has 4 aromatic heterocycles. The van der Waals surface area contributed by atoms with Gasteiger partial charge in [-0.05, 0) is 23.0 Å². The van der Waals surface area contributed by atoms with Gasteiger partial charge in [0.2, 0.25) is 4.96 Å². The maximum absolute atomic E-state index is 6.26. The number of hydrogen-bond donors (Lipinski definition) is 0. The summed E-state index contributed by atoms with van der Waals surface area (Å²) in [4.78, 5) is 5.32. The molecule has 0 atom stereocenters. The molecule has 0 aliphatic heterocycles. The molecule has 0 amide bonds. The molecule has 0 radical (unpaired) electrons. The molecule has 0 spiro atoms. The highest BCUT2D eigenvalue weighted by Crippen LogP contribution is 2.30. The molecule has 4 heterocycles. The molecule has 0 saturated heterocycles. The number of nitrogens with zero attached hydrogens (tertiary/aromatic N) is 5. The Morgan fingerprint density at radius 2 is 1.89 bits per heavy atom. The van der Waals surface area contributed by atoms with Gasteiger partial charge in [0.1, 0.15) is 29.3 Å². The van der Waals surface area contributed by atoms with Crippen LogP contribution in [0.1, 0.15) is 5.56 Å². The summed E-state index contributed by atoms with van der Waals surface area (Å²) in [5.74, 6) is 0.663. The zero-order valence-electron chi connectivity index (χ0n) is 14.7. The fraction of sp³-hybridized carbons (Fsp3) is 0.105. The average molecular weight is 412 g/mol. The van der Waals surface area contributed by atoms with Gasteiger partial charge in [0, 0.05) is 12.3 Å². The fourth-order valence-corrected chi connectivity index (χ4v) is 3.78. The quantitative estimate of drug-likeness (QED) is 0.430. The molecule has 0 bridgehead atoms.